The number of amides is 2. The first kappa shape index (κ1) is 21.1. The number of nitrogens with one attached hydrogen (secondary N) is 2. The lowest BCUT2D eigenvalue weighted by atomic mass is 9.93. The highest BCUT2D eigenvalue weighted by atomic mass is 16.2. The average molecular weight is 400 g/mol. The maximum absolute atomic E-state index is 11.9. The molecule has 0 radical (unpaired) electrons. The molecule has 7 nitrogen and oxygen atoms in total. The third kappa shape index (κ3) is 5.95. The van der Waals surface area contributed by atoms with Crippen LogP contribution in [0.3, 0.4) is 0 Å². The fourth-order valence-electron chi connectivity index (χ4n) is 4.16. The maximum atomic E-state index is 11.9. The van der Waals surface area contributed by atoms with E-state index in [4.69, 9.17) is 0 Å². The molecule has 2 amide bonds. The van der Waals surface area contributed by atoms with Gasteiger partial charge in [-0.15, -0.1) is 0 Å². The Morgan fingerprint density at radius 1 is 1.21 bits per heavy atom. The van der Waals surface area contributed by atoms with Gasteiger partial charge in [0.2, 0.25) is 11.8 Å². The van der Waals surface area contributed by atoms with Crippen LogP contribution in [0, 0.1) is 5.92 Å². The van der Waals surface area contributed by atoms with Crippen molar-refractivity contribution in [1.82, 2.24) is 20.4 Å². The van der Waals surface area contributed by atoms with E-state index in [0.29, 0.717) is 31.8 Å². The molecule has 2 aliphatic rings. The summed E-state index contributed by atoms with van der Waals surface area (Å²) in [6, 6.07) is 8.41. The Morgan fingerprint density at radius 2 is 1.97 bits per heavy atom. The summed E-state index contributed by atoms with van der Waals surface area (Å²) in [6.45, 7) is 4.09. The van der Waals surface area contributed by atoms with Gasteiger partial charge in [-0.1, -0.05) is 24.3 Å². The summed E-state index contributed by atoms with van der Waals surface area (Å²) in [5, 5.41) is 6.18. The molecule has 3 rings (SSSR count). The van der Waals surface area contributed by atoms with E-state index in [-0.39, 0.29) is 11.8 Å². The summed E-state index contributed by atoms with van der Waals surface area (Å²) in [7, 11) is 3.51. The third-order valence-corrected chi connectivity index (χ3v) is 5.87. The van der Waals surface area contributed by atoms with Gasteiger partial charge in [-0.25, -0.2) is 0 Å². The van der Waals surface area contributed by atoms with Gasteiger partial charge in [-0.05, 0) is 36.3 Å². The monoisotopic (exact) mass is 399 g/mol. The van der Waals surface area contributed by atoms with E-state index in [1.807, 2.05) is 11.9 Å². The molecular formula is C22H33N5O2. The van der Waals surface area contributed by atoms with Crippen LogP contribution in [0.1, 0.15) is 43.2 Å². The predicted molar refractivity (Wildman–Crippen MR) is 114 cm³/mol. The first-order chi connectivity index (χ1) is 14.1. The van der Waals surface area contributed by atoms with Crippen LogP contribution in [0.2, 0.25) is 0 Å². The van der Waals surface area contributed by atoms with Crippen LogP contribution in [0.25, 0.3) is 0 Å². The number of guanidine groups is 1. The van der Waals surface area contributed by atoms with Crippen LogP contribution in [0.15, 0.2) is 29.3 Å². The zero-order valence-electron chi connectivity index (χ0n) is 17.6. The largest absolute Gasteiger partial charge is 0.359 e. The van der Waals surface area contributed by atoms with E-state index in [0.717, 1.165) is 44.9 Å². The quantitative estimate of drug-likeness (QED) is 0.564. The van der Waals surface area contributed by atoms with Crippen LogP contribution in [-0.4, -0.2) is 61.3 Å². The number of hydrogen-bond donors (Lipinski definition) is 2. The third-order valence-electron chi connectivity index (χ3n) is 5.87. The Labute approximate surface area is 173 Å². The van der Waals surface area contributed by atoms with Crippen LogP contribution >= 0.6 is 0 Å². The summed E-state index contributed by atoms with van der Waals surface area (Å²) >= 11 is 0. The van der Waals surface area contributed by atoms with Crippen LogP contribution < -0.4 is 10.6 Å². The molecule has 1 aromatic carbocycles. The van der Waals surface area contributed by atoms with Crippen LogP contribution in [0.4, 0.5) is 0 Å². The second-order valence-electron chi connectivity index (χ2n) is 7.95. The summed E-state index contributed by atoms with van der Waals surface area (Å²) < 4.78 is 0. The van der Waals surface area contributed by atoms with E-state index in [9.17, 15) is 9.59 Å². The van der Waals surface area contributed by atoms with Gasteiger partial charge < -0.3 is 20.4 Å². The molecule has 2 heterocycles. The molecular weight excluding hydrogens is 366 g/mol. The van der Waals surface area contributed by atoms with Gasteiger partial charge in [0.1, 0.15) is 0 Å². The van der Waals surface area contributed by atoms with Crippen LogP contribution in [0.5, 0.6) is 0 Å². The SMILES string of the molecule is CN=C(NCc1cccc(CN2CCCC2=O)c1)N1CCC(CC(=O)NC)CC1. The van der Waals surface area contributed by atoms with Gasteiger partial charge in [-0.3, -0.25) is 14.6 Å². The van der Waals surface area contributed by atoms with Gasteiger partial charge in [0.25, 0.3) is 0 Å². The van der Waals surface area contributed by atoms with Crippen molar-refractivity contribution < 1.29 is 9.59 Å². The highest BCUT2D eigenvalue weighted by Crippen LogP contribution is 2.20. The predicted octanol–water partition coefficient (Wildman–Crippen LogP) is 1.73. The molecule has 0 aromatic heterocycles. The number of piperidine rings is 1. The van der Waals surface area contributed by atoms with E-state index >= 15 is 0 Å². The molecule has 1 aromatic rings. The standard InChI is InChI=1S/C22H33N5O2/c1-23-20(28)14-17-8-11-26(12-9-17)22(24-2)25-15-18-5-3-6-19(13-18)16-27-10-4-7-21(27)29/h3,5-6,13,17H,4,7-12,14-16H2,1-2H3,(H,23,28)(H,24,25). The van der Waals surface area contributed by atoms with Gasteiger partial charge >= 0.3 is 0 Å². The molecule has 2 fully saturated rings. The molecule has 2 aliphatic heterocycles. The second kappa shape index (κ2) is 10.3. The Balaban J connectivity index is 1.49. The van der Waals surface area contributed by atoms with Gasteiger partial charge in [-0.2, -0.15) is 0 Å². The smallest absolute Gasteiger partial charge is 0.222 e. The summed E-state index contributed by atoms with van der Waals surface area (Å²) in [5.74, 6) is 1.74. The van der Waals surface area contributed by atoms with E-state index in [2.05, 4.69) is 44.8 Å². The Kier molecular flexibility index (Phi) is 7.49. The number of rotatable bonds is 6. The van der Waals surface area contributed by atoms with Crippen molar-refractivity contribution >= 4 is 17.8 Å². The minimum Gasteiger partial charge on any atom is -0.359 e. The zero-order valence-corrected chi connectivity index (χ0v) is 17.6. The molecule has 0 bridgehead atoms. The van der Waals surface area contributed by atoms with Crippen LogP contribution in [-0.2, 0) is 22.7 Å². The minimum atomic E-state index is 0.126. The number of carbonyl (C=O) groups is 2. The van der Waals surface area contributed by atoms with E-state index in [1.54, 1.807) is 7.05 Å². The zero-order chi connectivity index (χ0) is 20.6. The number of carbonyl (C=O) groups excluding carboxylic acids is 2. The topological polar surface area (TPSA) is 77.0 Å². The van der Waals surface area contributed by atoms with Gasteiger partial charge in [0.15, 0.2) is 5.96 Å². The lowest BCUT2D eigenvalue weighted by molar-refractivity contribution is -0.128. The van der Waals surface area contributed by atoms with Crippen molar-refractivity contribution in [2.45, 2.75) is 45.2 Å². The summed E-state index contributed by atoms with van der Waals surface area (Å²) in [5.41, 5.74) is 2.36. The first-order valence-electron chi connectivity index (χ1n) is 10.6. The lowest BCUT2D eigenvalue weighted by Crippen LogP contribution is -2.45. The molecule has 29 heavy (non-hydrogen) atoms. The number of aliphatic imine (C=N–C) groups is 1. The van der Waals surface area contributed by atoms with Crippen molar-refractivity contribution in [3.8, 4) is 0 Å². The number of hydrogen-bond acceptors (Lipinski definition) is 3. The summed E-state index contributed by atoms with van der Waals surface area (Å²) in [4.78, 5) is 32.1. The molecule has 0 aliphatic carbocycles. The van der Waals surface area contributed by atoms with Gasteiger partial charge in [0, 0.05) is 59.7 Å². The van der Waals surface area contributed by atoms with Crippen molar-refractivity contribution in [1.29, 1.82) is 0 Å². The number of benzene rings is 1. The summed E-state index contributed by atoms with van der Waals surface area (Å²) in [6.07, 6.45) is 4.28. The fraction of sp³-hybridized carbons (Fsp3) is 0.591. The molecule has 0 spiro atoms. The van der Waals surface area contributed by atoms with E-state index < -0.39 is 0 Å². The molecule has 158 valence electrons. The molecule has 2 N–H and O–H groups in total. The van der Waals surface area contributed by atoms with E-state index in [1.165, 1.54) is 11.1 Å². The fourth-order valence-corrected chi connectivity index (χ4v) is 4.16. The average Bonchev–Trinajstić information content (AvgIpc) is 3.14. The molecule has 0 saturated carbocycles. The van der Waals surface area contributed by atoms with Crippen molar-refractivity contribution in [3.63, 3.8) is 0 Å². The lowest BCUT2D eigenvalue weighted by Gasteiger charge is -2.34. The maximum Gasteiger partial charge on any atom is 0.222 e. The van der Waals surface area contributed by atoms with Crippen molar-refractivity contribution in [2.75, 3.05) is 33.7 Å². The van der Waals surface area contributed by atoms with Crippen molar-refractivity contribution in [3.05, 3.63) is 35.4 Å². The number of nitrogens with zero attached hydrogens (tertiary/aromatic N) is 3. The molecule has 0 unspecified atom stereocenters. The molecule has 7 heteroatoms. The number of likely N-dealkylation sites (tertiary alicyclic amines) is 2. The normalized spacial score (nSPS) is 18.3. The first-order valence-corrected chi connectivity index (χ1v) is 10.6. The van der Waals surface area contributed by atoms with Gasteiger partial charge in [0.05, 0.1) is 0 Å². The van der Waals surface area contributed by atoms with Crippen molar-refractivity contribution in [2.24, 2.45) is 10.9 Å². The Morgan fingerprint density at radius 3 is 2.62 bits per heavy atom. The Hall–Kier alpha value is -2.57. The molecule has 0 atom stereocenters. The Bertz CT molecular complexity index is 740. The second-order valence-corrected chi connectivity index (χ2v) is 7.95. The highest BCUT2D eigenvalue weighted by molar-refractivity contribution is 5.80. The highest BCUT2D eigenvalue weighted by Gasteiger charge is 2.23. The molecule has 2 saturated heterocycles. The minimum absolute atomic E-state index is 0.126.